The molecule has 0 bridgehead atoms. The van der Waals surface area contributed by atoms with E-state index in [1.165, 1.54) is 14.2 Å². The van der Waals surface area contributed by atoms with Crippen molar-refractivity contribution in [2.24, 2.45) is 0 Å². The number of methoxy groups -OCH3 is 2. The van der Waals surface area contributed by atoms with Crippen molar-refractivity contribution in [2.75, 3.05) is 32.3 Å². The summed E-state index contributed by atoms with van der Waals surface area (Å²) < 4.78 is 16.0. The van der Waals surface area contributed by atoms with Crippen LogP contribution in [-0.4, -0.2) is 37.3 Å². The fourth-order valence-corrected chi connectivity index (χ4v) is 4.19. The van der Waals surface area contributed by atoms with Crippen molar-refractivity contribution in [1.29, 1.82) is 10.5 Å². The van der Waals surface area contributed by atoms with Crippen LogP contribution in [0.2, 0.25) is 0 Å². The van der Waals surface area contributed by atoms with Crippen LogP contribution in [0.4, 0.5) is 5.82 Å². The first-order valence-electron chi connectivity index (χ1n) is 10.3. The van der Waals surface area contributed by atoms with Gasteiger partial charge in [-0.3, -0.25) is 4.79 Å². The van der Waals surface area contributed by atoms with Crippen LogP contribution in [0, 0.1) is 22.7 Å². The van der Waals surface area contributed by atoms with Crippen LogP contribution < -0.4 is 19.9 Å². The van der Waals surface area contributed by atoms with Crippen molar-refractivity contribution < 1.29 is 19.0 Å². The summed E-state index contributed by atoms with van der Waals surface area (Å²) in [5.74, 6) is 1.22. The maximum absolute atomic E-state index is 13.0. The molecule has 0 saturated heterocycles. The molecule has 0 amide bonds. The van der Waals surface area contributed by atoms with E-state index in [0.717, 1.165) is 11.8 Å². The van der Waals surface area contributed by atoms with Gasteiger partial charge in [-0.2, -0.15) is 10.5 Å². The second kappa shape index (κ2) is 11.6. The van der Waals surface area contributed by atoms with Crippen LogP contribution in [0.15, 0.2) is 60.1 Å². The zero-order valence-electron chi connectivity index (χ0n) is 19.2. The highest BCUT2D eigenvalue weighted by Crippen LogP contribution is 2.37. The highest BCUT2D eigenvalue weighted by molar-refractivity contribution is 8.00. The number of nitrogen functional groups attached to an aromatic ring is 1. The number of ketones is 1. The molecule has 0 atom stereocenters. The van der Waals surface area contributed by atoms with Crippen molar-refractivity contribution in [3.8, 4) is 40.5 Å². The third-order valence-corrected chi connectivity index (χ3v) is 5.95. The van der Waals surface area contributed by atoms with Crippen LogP contribution in [0.25, 0.3) is 11.1 Å². The Bertz CT molecular complexity index is 1340. The smallest absolute Gasteiger partial charge is 0.176 e. The Labute approximate surface area is 207 Å². The second-order valence-electron chi connectivity index (χ2n) is 7.05. The highest BCUT2D eigenvalue weighted by Gasteiger charge is 2.22. The van der Waals surface area contributed by atoms with Crippen molar-refractivity contribution in [1.82, 2.24) is 4.98 Å². The summed E-state index contributed by atoms with van der Waals surface area (Å²) in [6, 6.07) is 16.0. The maximum atomic E-state index is 13.0. The molecule has 176 valence electrons. The van der Waals surface area contributed by atoms with Gasteiger partial charge in [-0.25, -0.2) is 4.98 Å². The monoisotopic (exact) mass is 486 g/mol. The molecule has 0 saturated carbocycles. The van der Waals surface area contributed by atoms with Gasteiger partial charge in [0.25, 0.3) is 0 Å². The summed E-state index contributed by atoms with van der Waals surface area (Å²) >= 11 is 1.06. The number of carbonyl (C=O) groups excluding carboxylic acids is 1. The lowest BCUT2D eigenvalue weighted by Gasteiger charge is -2.14. The summed E-state index contributed by atoms with van der Waals surface area (Å²) in [6.45, 7) is 3.96. The van der Waals surface area contributed by atoms with Crippen molar-refractivity contribution in [3.05, 3.63) is 71.8 Å². The predicted molar refractivity (Wildman–Crippen MR) is 134 cm³/mol. The number of thioether (sulfide) groups is 1. The third kappa shape index (κ3) is 5.55. The Morgan fingerprint density at radius 2 is 1.77 bits per heavy atom. The number of carbonyl (C=O) groups is 1. The molecular weight excluding hydrogens is 464 g/mol. The van der Waals surface area contributed by atoms with E-state index >= 15 is 0 Å². The molecule has 3 rings (SSSR count). The van der Waals surface area contributed by atoms with Crippen LogP contribution >= 0.6 is 11.8 Å². The van der Waals surface area contributed by atoms with Gasteiger partial charge in [0.2, 0.25) is 0 Å². The normalized spacial score (nSPS) is 10.1. The number of nitrogens with two attached hydrogens (primary N) is 1. The topological polar surface area (TPSA) is 131 Å². The summed E-state index contributed by atoms with van der Waals surface area (Å²) in [5, 5.41) is 19.9. The molecule has 0 aliphatic heterocycles. The Morgan fingerprint density at radius 1 is 1.09 bits per heavy atom. The largest absolute Gasteiger partial charge is 0.497 e. The number of ether oxygens (including phenoxy) is 3. The van der Waals surface area contributed by atoms with Gasteiger partial charge in [-0.15, -0.1) is 0 Å². The first-order chi connectivity index (χ1) is 17.0. The molecule has 1 aromatic heterocycles. The zero-order chi connectivity index (χ0) is 25.4. The lowest BCUT2D eigenvalue weighted by molar-refractivity contribution is 0.101. The quantitative estimate of drug-likeness (QED) is 0.247. The summed E-state index contributed by atoms with van der Waals surface area (Å²) in [4.78, 5) is 17.2. The van der Waals surface area contributed by atoms with E-state index in [0.29, 0.717) is 40.5 Å². The van der Waals surface area contributed by atoms with E-state index in [4.69, 9.17) is 19.9 Å². The molecule has 0 fully saturated rings. The molecular formula is C26H22N4O4S. The van der Waals surface area contributed by atoms with Gasteiger partial charge >= 0.3 is 0 Å². The number of hydrogen-bond acceptors (Lipinski definition) is 9. The van der Waals surface area contributed by atoms with Crippen molar-refractivity contribution >= 4 is 23.4 Å². The van der Waals surface area contributed by atoms with E-state index < -0.39 is 0 Å². The minimum absolute atomic E-state index is 0.0256. The minimum Gasteiger partial charge on any atom is -0.497 e. The van der Waals surface area contributed by atoms with Gasteiger partial charge in [0.1, 0.15) is 52.4 Å². The van der Waals surface area contributed by atoms with E-state index in [1.807, 2.05) is 6.07 Å². The Kier molecular flexibility index (Phi) is 8.33. The molecule has 0 radical (unpaired) electrons. The average molecular weight is 487 g/mol. The van der Waals surface area contributed by atoms with Gasteiger partial charge in [0.15, 0.2) is 5.78 Å². The van der Waals surface area contributed by atoms with E-state index in [-0.39, 0.29) is 33.5 Å². The molecule has 3 aromatic rings. The van der Waals surface area contributed by atoms with Gasteiger partial charge in [0, 0.05) is 5.56 Å². The lowest BCUT2D eigenvalue weighted by Crippen LogP contribution is -2.08. The minimum atomic E-state index is -0.246. The summed E-state index contributed by atoms with van der Waals surface area (Å²) in [5.41, 5.74) is 7.62. The molecule has 0 aliphatic rings. The van der Waals surface area contributed by atoms with E-state index in [2.05, 4.69) is 17.6 Å². The van der Waals surface area contributed by atoms with Gasteiger partial charge < -0.3 is 19.9 Å². The van der Waals surface area contributed by atoms with Crippen molar-refractivity contribution in [3.63, 3.8) is 0 Å². The molecule has 35 heavy (non-hydrogen) atoms. The number of rotatable bonds is 10. The van der Waals surface area contributed by atoms with E-state index in [9.17, 15) is 15.3 Å². The number of Topliss-reactive ketones (excluding diaryl/α,β-unsaturated/α-hetero) is 1. The second-order valence-corrected chi connectivity index (χ2v) is 8.02. The summed E-state index contributed by atoms with van der Waals surface area (Å²) in [6.07, 6.45) is 1.63. The lowest BCUT2D eigenvalue weighted by atomic mass is 9.97. The first-order valence-corrected chi connectivity index (χ1v) is 11.3. The van der Waals surface area contributed by atoms with E-state index in [1.54, 1.807) is 48.5 Å². The number of hydrogen-bond donors (Lipinski definition) is 1. The molecule has 1 heterocycles. The van der Waals surface area contributed by atoms with Crippen LogP contribution in [0.3, 0.4) is 0 Å². The van der Waals surface area contributed by atoms with Crippen LogP contribution in [0.1, 0.15) is 21.5 Å². The number of benzene rings is 2. The highest BCUT2D eigenvalue weighted by atomic mass is 32.2. The fraction of sp³-hybridized carbons (Fsp3) is 0.154. The molecule has 9 heteroatoms. The van der Waals surface area contributed by atoms with Crippen LogP contribution in [-0.2, 0) is 0 Å². The molecule has 2 N–H and O–H groups in total. The third-order valence-electron chi connectivity index (χ3n) is 4.97. The maximum Gasteiger partial charge on any atom is 0.176 e. The number of pyridine rings is 1. The van der Waals surface area contributed by atoms with Gasteiger partial charge in [-0.1, -0.05) is 36.5 Å². The molecule has 2 aromatic carbocycles. The number of nitrogens with zero attached hydrogens (tertiary/aromatic N) is 3. The first kappa shape index (κ1) is 25.2. The predicted octanol–water partition coefficient (Wildman–Crippen LogP) is 4.63. The van der Waals surface area contributed by atoms with Crippen LogP contribution in [0.5, 0.6) is 17.2 Å². The Balaban J connectivity index is 1.98. The Morgan fingerprint density at radius 3 is 2.37 bits per heavy atom. The number of anilines is 1. The van der Waals surface area contributed by atoms with Gasteiger partial charge in [0.05, 0.1) is 31.1 Å². The molecule has 0 aliphatic carbocycles. The van der Waals surface area contributed by atoms with Crippen molar-refractivity contribution in [2.45, 2.75) is 5.03 Å². The van der Waals surface area contributed by atoms with Gasteiger partial charge in [-0.05, 0) is 35.9 Å². The molecule has 8 nitrogen and oxygen atoms in total. The Hall–Kier alpha value is -4.47. The number of aromatic nitrogens is 1. The average Bonchev–Trinajstić information content (AvgIpc) is 2.89. The standard InChI is InChI=1S/C26H22N4O4S/c1-4-11-34-17-7-5-16(6-8-17)24-20(13-27)25(29)30-26(21(24)14-28)35-15-22(31)19-12-18(32-2)9-10-23(19)33-3/h4-10,12H,1,11,15H2,2-3H3,(H2,29,30). The molecule has 0 spiro atoms. The summed E-state index contributed by atoms with van der Waals surface area (Å²) in [7, 11) is 2.98. The molecule has 0 unspecified atom stereocenters. The number of nitriles is 2. The fourth-order valence-electron chi connectivity index (χ4n) is 3.31. The zero-order valence-corrected chi connectivity index (χ0v) is 20.0. The SMILES string of the molecule is C=CCOc1ccc(-c2c(C#N)c(N)nc(SCC(=O)c3cc(OC)ccc3OC)c2C#N)cc1.